The van der Waals surface area contributed by atoms with Gasteiger partial charge in [-0.05, 0) is 34.5 Å². The molecule has 5 nitrogen and oxygen atoms in total. The van der Waals surface area contributed by atoms with Gasteiger partial charge in [0.15, 0.2) is 4.67 Å². The summed E-state index contributed by atoms with van der Waals surface area (Å²) in [6.07, 6.45) is 0.618. The number of furan rings is 1. The minimum Gasteiger partial charge on any atom is -0.481 e. The highest BCUT2D eigenvalue weighted by molar-refractivity contribution is 9.10. The van der Waals surface area contributed by atoms with Crippen molar-refractivity contribution in [1.29, 1.82) is 0 Å². The smallest absolute Gasteiger partial charge is 0.309 e. The monoisotopic (exact) mass is 301 g/mol. The van der Waals surface area contributed by atoms with Crippen LogP contribution < -0.4 is 0 Å². The Labute approximate surface area is 107 Å². The van der Waals surface area contributed by atoms with E-state index in [1.54, 1.807) is 19.2 Å². The lowest BCUT2D eigenvalue weighted by Crippen LogP contribution is -2.42. The van der Waals surface area contributed by atoms with Gasteiger partial charge in [0.05, 0.1) is 5.92 Å². The number of piperidine rings is 1. The van der Waals surface area contributed by atoms with E-state index < -0.39 is 17.9 Å². The van der Waals surface area contributed by atoms with Gasteiger partial charge in [0.1, 0.15) is 11.8 Å². The zero-order valence-electron chi connectivity index (χ0n) is 9.22. The fraction of sp³-hybridized carbons (Fsp3) is 0.455. The number of likely N-dealkylation sites (tertiary alicyclic amines) is 1. The van der Waals surface area contributed by atoms with Crippen molar-refractivity contribution in [1.82, 2.24) is 4.90 Å². The first-order valence-corrected chi connectivity index (χ1v) is 6.03. The second kappa shape index (κ2) is 4.52. The van der Waals surface area contributed by atoms with Gasteiger partial charge in [0, 0.05) is 13.5 Å². The number of carbonyl (C=O) groups is 2. The highest BCUT2D eigenvalue weighted by Crippen LogP contribution is 2.37. The number of amides is 1. The Balaban J connectivity index is 2.36. The molecule has 0 radical (unpaired) electrons. The van der Waals surface area contributed by atoms with E-state index >= 15 is 0 Å². The van der Waals surface area contributed by atoms with Crippen LogP contribution in [0.4, 0.5) is 0 Å². The van der Waals surface area contributed by atoms with Crippen molar-refractivity contribution in [2.24, 2.45) is 5.92 Å². The molecule has 0 spiro atoms. The van der Waals surface area contributed by atoms with E-state index in [0.29, 0.717) is 16.9 Å². The fourth-order valence-corrected chi connectivity index (χ4v) is 2.49. The third-order valence-electron chi connectivity index (χ3n) is 3.06. The molecular formula is C11H12BrNO4. The molecule has 2 rings (SSSR count). The first-order chi connectivity index (χ1) is 8.00. The summed E-state index contributed by atoms with van der Waals surface area (Å²) in [5, 5.41) is 9.19. The number of carboxylic acids is 1. The van der Waals surface area contributed by atoms with Crippen LogP contribution in [0.25, 0.3) is 0 Å². The lowest BCUT2D eigenvalue weighted by molar-refractivity contribution is -0.151. The lowest BCUT2D eigenvalue weighted by Gasteiger charge is -2.35. The largest absolute Gasteiger partial charge is 0.481 e. The second-order valence-electron chi connectivity index (χ2n) is 4.07. The summed E-state index contributed by atoms with van der Waals surface area (Å²) in [6, 6.07) is 2.86. The first kappa shape index (κ1) is 12.2. The van der Waals surface area contributed by atoms with E-state index in [2.05, 4.69) is 15.9 Å². The number of hydrogen-bond acceptors (Lipinski definition) is 3. The third kappa shape index (κ3) is 2.22. The molecule has 17 heavy (non-hydrogen) atoms. The van der Waals surface area contributed by atoms with Crippen molar-refractivity contribution in [3.63, 3.8) is 0 Å². The minimum atomic E-state index is -0.901. The molecule has 2 atom stereocenters. The number of nitrogens with zero attached hydrogens (tertiary/aromatic N) is 1. The average Bonchev–Trinajstić information content (AvgIpc) is 2.68. The van der Waals surface area contributed by atoms with E-state index in [9.17, 15) is 14.7 Å². The van der Waals surface area contributed by atoms with Gasteiger partial charge in [-0.1, -0.05) is 0 Å². The van der Waals surface area contributed by atoms with E-state index in [1.165, 1.54) is 4.90 Å². The van der Waals surface area contributed by atoms with Crippen LogP contribution in [-0.4, -0.2) is 28.9 Å². The summed E-state index contributed by atoms with van der Waals surface area (Å²) >= 11 is 3.17. The van der Waals surface area contributed by atoms with Crippen molar-refractivity contribution in [3.8, 4) is 0 Å². The zero-order chi connectivity index (χ0) is 12.6. The number of aliphatic carboxylic acids is 1. The Morgan fingerprint density at radius 1 is 1.59 bits per heavy atom. The molecule has 0 bridgehead atoms. The molecule has 0 saturated carbocycles. The standard InChI is InChI=1S/C11H12BrNO4/c1-13-9(14)5-2-6(11(15)16)10(13)7-3-4-8(12)17-7/h3-4,6,10H,2,5H2,1H3,(H,15,16). The lowest BCUT2D eigenvalue weighted by atomic mass is 9.87. The summed E-state index contributed by atoms with van der Waals surface area (Å²) in [6.45, 7) is 0. The van der Waals surface area contributed by atoms with Crippen LogP contribution in [0.15, 0.2) is 21.2 Å². The van der Waals surface area contributed by atoms with Gasteiger partial charge in [-0.3, -0.25) is 9.59 Å². The molecule has 1 aliphatic heterocycles. The topological polar surface area (TPSA) is 70.8 Å². The summed E-state index contributed by atoms with van der Waals surface area (Å²) < 4.78 is 5.91. The molecule has 0 aromatic carbocycles. The molecule has 1 fully saturated rings. The Morgan fingerprint density at radius 3 is 2.82 bits per heavy atom. The summed E-state index contributed by atoms with van der Waals surface area (Å²) in [5.74, 6) is -1.07. The van der Waals surface area contributed by atoms with Crippen molar-refractivity contribution >= 4 is 27.8 Å². The van der Waals surface area contributed by atoms with Crippen LogP contribution in [-0.2, 0) is 9.59 Å². The number of rotatable bonds is 2. The number of hydrogen-bond donors (Lipinski definition) is 1. The van der Waals surface area contributed by atoms with Crippen molar-refractivity contribution in [2.45, 2.75) is 18.9 Å². The molecule has 2 heterocycles. The van der Waals surface area contributed by atoms with Gasteiger partial charge in [0.25, 0.3) is 0 Å². The molecule has 0 aliphatic carbocycles. The highest BCUT2D eigenvalue weighted by atomic mass is 79.9. The van der Waals surface area contributed by atoms with E-state index in [-0.39, 0.29) is 12.3 Å². The SMILES string of the molecule is CN1C(=O)CCC(C(=O)O)C1c1ccc(Br)o1. The number of halogens is 1. The predicted molar refractivity (Wildman–Crippen MR) is 62.3 cm³/mol. The second-order valence-corrected chi connectivity index (χ2v) is 4.86. The quantitative estimate of drug-likeness (QED) is 0.907. The maximum Gasteiger partial charge on any atom is 0.309 e. The van der Waals surface area contributed by atoms with E-state index in [0.717, 1.165) is 0 Å². The van der Waals surface area contributed by atoms with Crippen LogP contribution in [0.3, 0.4) is 0 Å². The Morgan fingerprint density at radius 2 is 2.29 bits per heavy atom. The van der Waals surface area contributed by atoms with Crippen LogP contribution in [0.1, 0.15) is 24.6 Å². The normalized spacial score (nSPS) is 25.1. The van der Waals surface area contributed by atoms with Gasteiger partial charge in [-0.25, -0.2) is 0 Å². The van der Waals surface area contributed by atoms with Crippen molar-refractivity contribution in [3.05, 3.63) is 22.6 Å². The Kier molecular flexibility index (Phi) is 3.24. The van der Waals surface area contributed by atoms with Crippen LogP contribution in [0.5, 0.6) is 0 Å². The predicted octanol–water partition coefficient (Wildman–Crippen LogP) is 2.04. The van der Waals surface area contributed by atoms with Gasteiger partial charge >= 0.3 is 5.97 Å². The fourth-order valence-electron chi connectivity index (χ4n) is 2.17. The van der Waals surface area contributed by atoms with E-state index in [1.807, 2.05) is 0 Å². The van der Waals surface area contributed by atoms with Crippen molar-refractivity contribution in [2.75, 3.05) is 7.05 Å². The van der Waals surface area contributed by atoms with Gasteiger partial charge in [0.2, 0.25) is 5.91 Å². The number of carboxylic acid groups (broad SMARTS) is 1. The van der Waals surface area contributed by atoms with Gasteiger partial charge in [-0.15, -0.1) is 0 Å². The molecule has 1 aromatic rings. The Bertz CT molecular complexity index is 456. The molecule has 1 saturated heterocycles. The number of carbonyl (C=O) groups excluding carboxylic acids is 1. The van der Waals surface area contributed by atoms with Gasteiger partial charge < -0.3 is 14.4 Å². The molecule has 92 valence electrons. The van der Waals surface area contributed by atoms with Crippen LogP contribution in [0.2, 0.25) is 0 Å². The third-order valence-corrected chi connectivity index (χ3v) is 3.49. The Hall–Kier alpha value is -1.30. The van der Waals surface area contributed by atoms with Crippen LogP contribution >= 0.6 is 15.9 Å². The maximum absolute atomic E-state index is 11.6. The van der Waals surface area contributed by atoms with Crippen molar-refractivity contribution < 1.29 is 19.1 Å². The summed E-state index contributed by atoms with van der Waals surface area (Å²) in [5.41, 5.74) is 0. The zero-order valence-corrected chi connectivity index (χ0v) is 10.8. The maximum atomic E-state index is 11.6. The molecule has 2 unspecified atom stereocenters. The molecule has 1 aliphatic rings. The van der Waals surface area contributed by atoms with E-state index in [4.69, 9.17) is 4.42 Å². The summed E-state index contributed by atoms with van der Waals surface area (Å²) in [7, 11) is 1.61. The average molecular weight is 302 g/mol. The molecular weight excluding hydrogens is 290 g/mol. The highest BCUT2D eigenvalue weighted by Gasteiger charge is 2.40. The van der Waals surface area contributed by atoms with Crippen LogP contribution in [0, 0.1) is 5.92 Å². The minimum absolute atomic E-state index is 0.0555. The molecule has 1 N–H and O–H groups in total. The van der Waals surface area contributed by atoms with Gasteiger partial charge in [-0.2, -0.15) is 0 Å². The first-order valence-electron chi connectivity index (χ1n) is 5.24. The molecule has 1 amide bonds. The molecule has 6 heteroatoms. The molecule has 1 aromatic heterocycles. The summed E-state index contributed by atoms with van der Waals surface area (Å²) in [4.78, 5) is 24.3.